The molecule has 0 aliphatic rings. The van der Waals surface area contributed by atoms with E-state index in [4.69, 9.17) is 11.6 Å². The first-order valence-electron chi connectivity index (χ1n) is 8.20. The van der Waals surface area contributed by atoms with Crippen LogP contribution < -0.4 is 5.32 Å². The molecule has 0 saturated carbocycles. The molecule has 0 atom stereocenters. The van der Waals surface area contributed by atoms with Gasteiger partial charge in [0.05, 0.1) is 16.3 Å². The van der Waals surface area contributed by atoms with Gasteiger partial charge in [0.1, 0.15) is 5.69 Å². The highest BCUT2D eigenvalue weighted by molar-refractivity contribution is 9.11. The molecule has 3 rings (SSSR count). The van der Waals surface area contributed by atoms with Crippen LogP contribution in [0.1, 0.15) is 20.8 Å². The van der Waals surface area contributed by atoms with E-state index in [1.165, 1.54) is 4.90 Å². The molecule has 3 aromatic rings. The molecule has 0 bridgehead atoms. The molecule has 0 unspecified atom stereocenters. The van der Waals surface area contributed by atoms with E-state index in [0.717, 1.165) is 0 Å². The molecule has 1 aromatic carbocycles. The van der Waals surface area contributed by atoms with Crippen molar-refractivity contribution < 1.29 is 9.59 Å². The fourth-order valence-electron chi connectivity index (χ4n) is 2.62. The van der Waals surface area contributed by atoms with E-state index < -0.39 is 5.91 Å². The lowest BCUT2D eigenvalue weighted by atomic mass is 10.1. The second kappa shape index (κ2) is 8.99. The van der Waals surface area contributed by atoms with Crippen LogP contribution in [0.4, 0.5) is 5.69 Å². The van der Waals surface area contributed by atoms with Gasteiger partial charge < -0.3 is 10.2 Å². The molecule has 1 N–H and O–H groups in total. The van der Waals surface area contributed by atoms with Gasteiger partial charge in [0.15, 0.2) is 5.82 Å². The van der Waals surface area contributed by atoms with Crippen molar-refractivity contribution >= 4 is 76.9 Å². The number of nitrogens with one attached hydrogen (secondary N) is 1. The molecule has 0 radical (unpaired) electrons. The van der Waals surface area contributed by atoms with Crippen molar-refractivity contribution in [3.8, 4) is 5.82 Å². The molecule has 0 aliphatic carbocycles. The molecule has 2 heterocycles. The third-order valence-electron chi connectivity index (χ3n) is 3.92. The summed E-state index contributed by atoms with van der Waals surface area (Å²) in [6.45, 7) is 0. The lowest BCUT2D eigenvalue weighted by Gasteiger charge is -2.17. The van der Waals surface area contributed by atoms with Gasteiger partial charge in [-0.2, -0.15) is 0 Å². The summed E-state index contributed by atoms with van der Waals surface area (Å²) in [5, 5.41) is 3.24. The summed E-state index contributed by atoms with van der Waals surface area (Å²) in [5.74, 6) is -0.246. The minimum absolute atomic E-state index is 0.244. The molecule has 6 nitrogen and oxygen atoms in total. The average Bonchev–Trinajstić information content (AvgIpc) is 3.05. The number of carbonyl (C=O) groups is 2. The van der Waals surface area contributed by atoms with Gasteiger partial charge in [-0.05, 0) is 62.2 Å². The first-order chi connectivity index (χ1) is 13.7. The maximum Gasteiger partial charge on any atom is 0.272 e. The Balaban J connectivity index is 2.05. The number of hydrogen-bond donors (Lipinski definition) is 1. The van der Waals surface area contributed by atoms with Crippen LogP contribution in [-0.2, 0) is 0 Å². The van der Waals surface area contributed by atoms with Gasteiger partial charge in [-0.1, -0.05) is 27.5 Å². The third-order valence-corrected chi connectivity index (χ3v) is 5.73. The number of anilines is 1. The van der Waals surface area contributed by atoms with Crippen LogP contribution in [0, 0.1) is 0 Å². The molecule has 2 aromatic heterocycles. The molecular formula is C19H14Br3ClN4O2. The Hall–Kier alpha value is -1.68. The fraction of sp³-hybridized carbons (Fsp3) is 0.105. The number of aromatic nitrogens is 2. The number of rotatable bonds is 4. The second-order valence-electron chi connectivity index (χ2n) is 6.19. The molecule has 29 heavy (non-hydrogen) atoms. The lowest BCUT2D eigenvalue weighted by Crippen LogP contribution is -2.25. The van der Waals surface area contributed by atoms with Crippen molar-refractivity contribution in [1.82, 2.24) is 14.5 Å². The van der Waals surface area contributed by atoms with Gasteiger partial charge in [0.25, 0.3) is 11.8 Å². The Labute approximate surface area is 197 Å². The topological polar surface area (TPSA) is 67.2 Å². The summed E-state index contributed by atoms with van der Waals surface area (Å²) in [7, 11) is 3.29. The van der Waals surface area contributed by atoms with E-state index in [1.54, 1.807) is 61.4 Å². The minimum Gasteiger partial charge on any atom is -0.345 e. The molecule has 2 amide bonds. The van der Waals surface area contributed by atoms with Crippen molar-refractivity contribution in [3.05, 3.63) is 72.4 Å². The van der Waals surface area contributed by atoms with E-state index in [0.29, 0.717) is 41.2 Å². The minimum atomic E-state index is -0.423. The largest absolute Gasteiger partial charge is 0.345 e. The average molecular weight is 606 g/mol. The second-order valence-corrected chi connectivity index (χ2v) is 9.28. The maximum absolute atomic E-state index is 13.1. The number of halogens is 4. The van der Waals surface area contributed by atoms with Crippen molar-refractivity contribution in [2.45, 2.75) is 0 Å². The SMILES string of the molecule is CN(C)C(=O)c1cc(Br)cc(Br)c1NC(=O)c1cc(Br)cn1-c1ncccc1Cl. The Morgan fingerprint density at radius 2 is 1.86 bits per heavy atom. The van der Waals surface area contributed by atoms with Gasteiger partial charge in [-0.3, -0.25) is 14.2 Å². The number of carbonyl (C=O) groups excluding carboxylic acids is 2. The van der Waals surface area contributed by atoms with Crippen molar-refractivity contribution in [3.63, 3.8) is 0 Å². The standard InChI is InChI=1S/C19H14Br3ClN4O2/c1-26(2)19(29)12-6-10(20)7-13(22)16(12)25-18(28)15-8-11(21)9-27(15)17-14(23)4-3-5-24-17/h3-9H,1-2H3,(H,25,28). The number of amides is 2. The van der Waals surface area contributed by atoms with Gasteiger partial charge in [-0.15, -0.1) is 0 Å². The Bertz CT molecular complexity index is 1110. The molecule has 10 heteroatoms. The first kappa shape index (κ1) is 22.0. The predicted molar refractivity (Wildman–Crippen MR) is 124 cm³/mol. The van der Waals surface area contributed by atoms with Crippen LogP contribution in [0.15, 0.2) is 56.1 Å². The van der Waals surface area contributed by atoms with Crippen LogP contribution in [0.5, 0.6) is 0 Å². The van der Waals surface area contributed by atoms with Crippen molar-refractivity contribution in [1.29, 1.82) is 0 Å². The van der Waals surface area contributed by atoms with Crippen LogP contribution in [-0.4, -0.2) is 40.4 Å². The van der Waals surface area contributed by atoms with Crippen LogP contribution >= 0.6 is 59.4 Å². The molecule has 0 saturated heterocycles. The van der Waals surface area contributed by atoms with Gasteiger partial charge in [0, 0.05) is 39.9 Å². The van der Waals surface area contributed by atoms with Crippen molar-refractivity contribution in [2.24, 2.45) is 0 Å². The first-order valence-corrected chi connectivity index (χ1v) is 11.0. The van der Waals surface area contributed by atoms with E-state index in [9.17, 15) is 9.59 Å². The monoisotopic (exact) mass is 602 g/mol. The Morgan fingerprint density at radius 3 is 2.52 bits per heavy atom. The quantitative estimate of drug-likeness (QED) is 0.411. The summed E-state index contributed by atoms with van der Waals surface area (Å²) in [6.07, 6.45) is 3.29. The highest BCUT2D eigenvalue weighted by atomic mass is 79.9. The number of hydrogen-bond acceptors (Lipinski definition) is 3. The molecule has 0 fully saturated rings. The summed E-state index contributed by atoms with van der Waals surface area (Å²) in [5.41, 5.74) is 1.01. The number of pyridine rings is 1. The smallest absolute Gasteiger partial charge is 0.272 e. The van der Waals surface area contributed by atoms with E-state index in [1.807, 2.05) is 0 Å². The summed E-state index contributed by atoms with van der Waals surface area (Å²) >= 11 is 16.5. The zero-order valence-corrected chi connectivity index (χ0v) is 20.7. The summed E-state index contributed by atoms with van der Waals surface area (Å²) < 4.78 is 3.54. The molecule has 0 spiro atoms. The van der Waals surface area contributed by atoms with E-state index in [-0.39, 0.29) is 5.91 Å². The van der Waals surface area contributed by atoms with E-state index >= 15 is 0 Å². The normalized spacial score (nSPS) is 10.7. The highest BCUT2D eigenvalue weighted by Gasteiger charge is 2.22. The third kappa shape index (κ3) is 4.74. The van der Waals surface area contributed by atoms with E-state index in [2.05, 4.69) is 58.1 Å². The predicted octanol–water partition coefficient (Wildman–Crippen LogP) is 5.77. The number of benzene rings is 1. The lowest BCUT2D eigenvalue weighted by molar-refractivity contribution is 0.0828. The Kier molecular flexibility index (Phi) is 6.83. The Morgan fingerprint density at radius 1 is 1.14 bits per heavy atom. The molecule has 150 valence electrons. The maximum atomic E-state index is 13.1. The van der Waals surface area contributed by atoms with Crippen molar-refractivity contribution in [2.75, 3.05) is 19.4 Å². The van der Waals surface area contributed by atoms with Crippen LogP contribution in [0.3, 0.4) is 0 Å². The molecule has 0 aliphatic heterocycles. The van der Waals surface area contributed by atoms with Crippen LogP contribution in [0.2, 0.25) is 5.02 Å². The zero-order chi connectivity index (χ0) is 21.3. The zero-order valence-electron chi connectivity index (χ0n) is 15.2. The van der Waals surface area contributed by atoms with Gasteiger partial charge in [0.2, 0.25) is 0 Å². The summed E-state index contributed by atoms with van der Waals surface area (Å²) in [4.78, 5) is 31.5. The van der Waals surface area contributed by atoms with Gasteiger partial charge in [-0.25, -0.2) is 4.98 Å². The number of nitrogens with zero attached hydrogens (tertiary/aromatic N) is 3. The molecular weight excluding hydrogens is 591 g/mol. The highest BCUT2D eigenvalue weighted by Crippen LogP contribution is 2.32. The van der Waals surface area contributed by atoms with Crippen LogP contribution in [0.25, 0.3) is 5.82 Å². The van der Waals surface area contributed by atoms with Gasteiger partial charge >= 0.3 is 0 Å². The summed E-state index contributed by atoms with van der Waals surface area (Å²) in [6, 6.07) is 8.47. The fourth-order valence-corrected chi connectivity index (χ4v) is 4.58.